The molecular weight excluding hydrogens is 273 g/mol. The zero-order valence-electron chi connectivity index (χ0n) is 10.0. The minimum absolute atomic E-state index is 0.338. The number of imidazole rings is 1. The summed E-state index contributed by atoms with van der Waals surface area (Å²) in [7, 11) is 0. The summed E-state index contributed by atoms with van der Waals surface area (Å²) in [5.74, 6) is 0.138. The molecule has 0 fully saturated rings. The maximum atomic E-state index is 11.4. The van der Waals surface area contributed by atoms with Crippen molar-refractivity contribution in [1.29, 1.82) is 0 Å². The van der Waals surface area contributed by atoms with Crippen LogP contribution in [-0.2, 0) is 4.79 Å². The Morgan fingerprint density at radius 1 is 1.44 bits per heavy atom. The third-order valence-electron chi connectivity index (χ3n) is 2.84. The van der Waals surface area contributed by atoms with Crippen molar-refractivity contribution in [1.82, 2.24) is 9.55 Å². The molecule has 1 amide bonds. The van der Waals surface area contributed by atoms with Gasteiger partial charge in [0.2, 0.25) is 5.91 Å². The Kier molecular flexibility index (Phi) is 3.50. The van der Waals surface area contributed by atoms with Crippen LogP contribution in [0.4, 0.5) is 0 Å². The first-order chi connectivity index (χ1) is 8.43. The van der Waals surface area contributed by atoms with Crippen molar-refractivity contribution in [2.24, 2.45) is 5.73 Å². The largest absolute Gasteiger partial charge is 0.368 e. The molecule has 0 radical (unpaired) electrons. The Labute approximate surface area is 115 Å². The quantitative estimate of drug-likeness (QED) is 0.881. The molecule has 1 aromatic heterocycles. The average molecular weight is 286 g/mol. The number of benzene rings is 1. The summed E-state index contributed by atoms with van der Waals surface area (Å²) < 4.78 is 1.71. The highest BCUT2D eigenvalue weighted by molar-refractivity contribution is 6.35. The average Bonchev–Trinajstić information content (AvgIpc) is 2.68. The number of carbonyl (C=O) groups excluding carboxylic acids is 1. The molecule has 1 heterocycles. The van der Waals surface area contributed by atoms with E-state index < -0.39 is 11.9 Å². The molecule has 0 spiro atoms. The van der Waals surface area contributed by atoms with Crippen LogP contribution < -0.4 is 5.73 Å². The van der Waals surface area contributed by atoms with E-state index in [0.29, 0.717) is 21.9 Å². The number of halogens is 2. The highest BCUT2D eigenvalue weighted by Crippen LogP contribution is 2.31. The third-order valence-corrected chi connectivity index (χ3v) is 3.34. The van der Waals surface area contributed by atoms with Gasteiger partial charge in [0, 0.05) is 0 Å². The molecule has 6 heteroatoms. The molecule has 0 saturated heterocycles. The first-order valence-electron chi connectivity index (χ1n) is 5.53. The molecule has 0 bridgehead atoms. The molecule has 2 atom stereocenters. The summed E-state index contributed by atoms with van der Waals surface area (Å²) in [6.07, 6.45) is 0. The van der Waals surface area contributed by atoms with Crippen molar-refractivity contribution < 1.29 is 4.79 Å². The molecule has 4 nitrogen and oxygen atoms in total. The number of aromatic nitrogens is 2. The Hall–Kier alpha value is -1.26. The normalized spacial score (nSPS) is 14.7. The molecule has 18 heavy (non-hydrogen) atoms. The number of nitrogens with zero attached hydrogens (tertiary/aromatic N) is 2. The number of alkyl halides is 1. The van der Waals surface area contributed by atoms with Gasteiger partial charge in [-0.25, -0.2) is 4.98 Å². The van der Waals surface area contributed by atoms with E-state index in [-0.39, 0.29) is 5.38 Å². The van der Waals surface area contributed by atoms with Gasteiger partial charge in [-0.3, -0.25) is 4.79 Å². The highest BCUT2D eigenvalue weighted by atomic mass is 35.5. The second kappa shape index (κ2) is 4.78. The van der Waals surface area contributed by atoms with Gasteiger partial charge in [-0.2, -0.15) is 0 Å². The van der Waals surface area contributed by atoms with Crippen molar-refractivity contribution in [2.45, 2.75) is 25.3 Å². The highest BCUT2D eigenvalue weighted by Gasteiger charge is 2.23. The van der Waals surface area contributed by atoms with Crippen LogP contribution >= 0.6 is 23.2 Å². The lowest BCUT2D eigenvalue weighted by molar-refractivity contribution is -0.120. The van der Waals surface area contributed by atoms with Gasteiger partial charge in [-0.05, 0) is 26.0 Å². The topological polar surface area (TPSA) is 60.9 Å². The lowest BCUT2D eigenvalue weighted by Gasteiger charge is -2.15. The minimum Gasteiger partial charge on any atom is -0.368 e. The fraction of sp³-hybridized carbons (Fsp3) is 0.333. The zero-order valence-corrected chi connectivity index (χ0v) is 11.5. The Bertz CT molecular complexity index is 607. The van der Waals surface area contributed by atoms with Crippen molar-refractivity contribution in [2.75, 3.05) is 0 Å². The van der Waals surface area contributed by atoms with Crippen LogP contribution in [0.2, 0.25) is 5.02 Å². The summed E-state index contributed by atoms with van der Waals surface area (Å²) in [6.45, 7) is 3.50. The Balaban J connectivity index is 2.81. The second-order valence-electron chi connectivity index (χ2n) is 4.14. The fourth-order valence-corrected chi connectivity index (χ4v) is 2.34. The van der Waals surface area contributed by atoms with Crippen molar-refractivity contribution >= 4 is 40.1 Å². The number of carbonyl (C=O) groups is 1. The first kappa shape index (κ1) is 13.2. The van der Waals surface area contributed by atoms with Gasteiger partial charge in [-0.15, -0.1) is 11.6 Å². The van der Waals surface area contributed by atoms with Crippen LogP contribution in [-0.4, -0.2) is 15.5 Å². The predicted octanol–water partition coefficient (Wildman–Crippen LogP) is 3.04. The molecule has 0 aliphatic heterocycles. The molecule has 2 unspecified atom stereocenters. The minimum atomic E-state index is -0.550. The van der Waals surface area contributed by atoms with Gasteiger partial charge >= 0.3 is 0 Å². The van der Waals surface area contributed by atoms with Gasteiger partial charge in [0.25, 0.3) is 0 Å². The van der Waals surface area contributed by atoms with E-state index in [2.05, 4.69) is 4.98 Å². The smallest absolute Gasteiger partial charge is 0.240 e. The van der Waals surface area contributed by atoms with Crippen LogP contribution in [0.3, 0.4) is 0 Å². The molecule has 96 valence electrons. The lowest BCUT2D eigenvalue weighted by atomic mass is 10.2. The third kappa shape index (κ3) is 2.06. The summed E-state index contributed by atoms with van der Waals surface area (Å²) >= 11 is 12.3. The summed E-state index contributed by atoms with van der Waals surface area (Å²) in [4.78, 5) is 15.8. The predicted molar refractivity (Wildman–Crippen MR) is 72.9 cm³/mol. The number of hydrogen-bond donors (Lipinski definition) is 1. The van der Waals surface area contributed by atoms with Crippen LogP contribution in [0.15, 0.2) is 18.2 Å². The van der Waals surface area contributed by atoms with E-state index >= 15 is 0 Å². The maximum absolute atomic E-state index is 11.4. The number of rotatable bonds is 3. The van der Waals surface area contributed by atoms with E-state index in [1.54, 1.807) is 30.5 Å². The van der Waals surface area contributed by atoms with Gasteiger partial charge in [-0.1, -0.05) is 17.7 Å². The van der Waals surface area contributed by atoms with Crippen molar-refractivity contribution in [3.8, 4) is 0 Å². The number of amides is 1. The Morgan fingerprint density at radius 3 is 2.67 bits per heavy atom. The molecule has 0 saturated carbocycles. The van der Waals surface area contributed by atoms with Crippen LogP contribution in [0.5, 0.6) is 0 Å². The number of para-hydroxylation sites is 1. The molecule has 1 aromatic carbocycles. The van der Waals surface area contributed by atoms with Gasteiger partial charge in [0.1, 0.15) is 11.9 Å². The lowest BCUT2D eigenvalue weighted by Crippen LogP contribution is -2.25. The first-order valence-corrected chi connectivity index (χ1v) is 6.34. The standard InChI is InChI=1S/C12H13Cl2N3O/c1-6(13)12-16-9-5-3-4-8(14)10(9)17(12)7(2)11(15)18/h3-7H,1-2H3,(H2,15,18). The molecule has 2 aromatic rings. The molecule has 2 rings (SSSR count). The van der Waals surface area contributed by atoms with Crippen molar-refractivity contribution in [3.05, 3.63) is 29.0 Å². The van der Waals surface area contributed by atoms with E-state index in [0.717, 1.165) is 0 Å². The van der Waals surface area contributed by atoms with Crippen LogP contribution in [0, 0.1) is 0 Å². The second-order valence-corrected chi connectivity index (χ2v) is 5.20. The monoisotopic (exact) mass is 285 g/mol. The Morgan fingerprint density at radius 2 is 2.11 bits per heavy atom. The molecule has 2 N–H and O–H groups in total. The number of nitrogens with two attached hydrogens (primary N) is 1. The van der Waals surface area contributed by atoms with E-state index in [9.17, 15) is 4.79 Å². The summed E-state index contributed by atoms with van der Waals surface area (Å²) in [5.41, 5.74) is 6.76. The summed E-state index contributed by atoms with van der Waals surface area (Å²) in [5, 5.41) is 0.187. The zero-order chi connectivity index (χ0) is 13.4. The van der Waals surface area contributed by atoms with E-state index in [1.807, 2.05) is 6.07 Å². The molecule has 0 aliphatic rings. The maximum Gasteiger partial charge on any atom is 0.240 e. The number of fused-ring (bicyclic) bond motifs is 1. The van der Waals surface area contributed by atoms with Gasteiger partial charge in [0.05, 0.1) is 21.4 Å². The van der Waals surface area contributed by atoms with Crippen LogP contribution in [0.25, 0.3) is 11.0 Å². The number of primary amides is 1. The molecular formula is C12H13Cl2N3O. The SMILES string of the molecule is CC(Cl)c1nc2cccc(Cl)c2n1C(C)C(N)=O. The van der Waals surface area contributed by atoms with Gasteiger partial charge < -0.3 is 10.3 Å². The van der Waals surface area contributed by atoms with E-state index in [1.165, 1.54) is 0 Å². The van der Waals surface area contributed by atoms with Gasteiger partial charge in [0.15, 0.2) is 0 Å². The summed E-state index contributed by atoms with van der Waals surface area (Å²) in [6, 6.07) is 4.83. The number of hydrogen-bond acceptors (Lipinski definition) is 2. The van der Waals surface area contributed by atoms with Crippen molar-refractivity contribution in [3.63, 3.8) is 0 Å². The van der Waals surface area contributed by atoms with E-state index in [4.69, 9.17) is 28.9 Å². The molecule has 0 aliphatic carbocycles. The fourth-order valence-electron chi connectivity index (χ4n) is 1.92. The van der Waals surface area contributed by atoms with Crippen LogP contribution in [0.1, 0.15) is 31.1 Å².